The molecule has 5 heteroatoms. The van der Waals surface area contributed by atoms with Crippen LogP contribution in [0, 0.1) is 6.92 Å². The second-order valence-corrected chi connectivity index (χ2v) is 4.93. The largest absolute Gasteiger partial charge is 0.373 e. The van der Waals surface area contributed by atoms with E-state index in [-0.39, 0.29) is 11.9 Å². The fourth-order valence-electron chi connectivity index (χ4n) is 2.27. The molecule has 1 amide bonds. The minimum atomic E-state index is -0.203. The zero-order chi connectivity index (χ0) is 13.9. The van der Waals surface area contributed by atoms with Gasteiger partial charge < -0.3 is 10.6 Å². The number of nitrogens with one attached hydrogen (secondary N) is 2. The van der Waals surface area contributed by atoms with Crippen LogP contribution in [0.3, 0.4) is 0 Å². The van der Waals surface area contributed by atoms with Gasteiger partial charge in [-0.2, -0.15) is 0 Å². The number of fused-ring (bicyclic) bond motifs is 1. The van der Waals surface area contributed by atoms with Crippen LogP contribution in [0.25, 0.3) is 0 Å². The molecule has 5 nitrogen and oxygen atoms in total. The molecule has 1 aromatic heterocycles. The van der Waals surface area contributed by atoms with E-state index in [1.165, 1.54) is 5.56 Å². The van der Waals surface area contributed by atoms with Crippen molar-refractivity contribution >= 4 is 11.6 Å². The van der Waals surface area contributed by atoms with Crippen LogP contribution in [0.2, 0.25) is 0 Å². The van der Waals surface area contributed by atoms with Crippen LogP contribution in [0.15, 0.2) is 36.7 Å². The molecule has 1 aromatic carbocycles. The van der Waals surface area contributed by atoms with Gasteiger partial charge in [-0.05, 0) is 18.6 Å². The molecule has 0 bridgehead atoms. The van der Waals surface area contributed by atoms with Crippen molar-refractivity contribution in [3.05, 3.63) is 53.6 Å². The van der Waals surface area contributed by atoms with Gasteiger partial charge in [0, 0.05) is 18.3 Å². The van der Waals surface area contributed by atoms with E-state index in [1.807, 2.05) is 31.2 Å². The van der Waals surface area contributed by atoms with Crippen molar-refractivity contribution in [2.45, 2.75) is 25.9 Å². The topological polar surface area (TPSA) is 66.9 Å². The molecule has 0 radical (unpaired) electrons. The number of rotatable bonds is 3. The van der Waals surface area contributed by atoms with E-state index in [0.29, 0.717) is 6.54 Å². The summed E-state index contributed by atoms with van der Waals surface area (Å²) in [5.41, 5.74) is 3.86. The molecular formula is C15H16N4O. The van der Waals surface area contributed by atoms with Crippen LogP contribution in [-0.2, 0) is 17.8 Å². The first kappa shape index (κ1) is 12.6. The third kappa shape index (κ3) is 2.61. The fraction of sp³-hybridized carbons (Fsp3) is 0.267. The lowest BCUT2D eigenvalue weighted by atomic mass is 10.1. The maximum atomic E-state index is 12.1. The maximum absolute atomic E-state index is 12.1. The second kappa shape index (κ2) is 5.28. The molecular weight excluding hydrogens is 252 g/mol. The van der Waals surface area contributed by atoms with Gasteiger partial charge in [0.2, 0.25) is 5.91 Å². The van der Waals surface area contributed by atoms with Gasteiger partial charge >= 0.3 is 0 Å². The number of amides is 1. The van der Waals surface area contributed by atoms with E-state index in [9.17, 15) is 4.79 Å². The number of benzene rings is 1. The van der Waals surface area contributed by atoms with E-state index in [1.54, 1.807) is 12.4 Å². The molecule has 102 valence electrons. The van der Waals surface area contributed by atoms with E-state index in [0.717, 1.165) is 23.5 Å². The predicted molar refractivity (Wildman–Crippen MR) is 76.2 cm³/mol. The van der Waals surface area contributed by atoms with Crippen LogP contribution in [0.4, 0.5) is 5.69 Å². The highest BCUT2D eigenvalue weighted by Crippen LogP contribution is 2.25. The highest BCUT2D eigenvalue weighted by molar-refractivity contribution is 5.87. The highest BCUT2D eigenvalue weighted by Gasteiger charge is 2.25. The van der Waals surface area contributed by atoms with Crippen molar-refractivity contribution in [1.29, 1.82) is 0 Å². The molecule has 1 aliphatic heterocycles. The molecule has 0 fully saturated rings. The van der Waals surface area contributed by atoms with Crippen LogP contribution in [-0.4, -0.2) is 21.9 Å². The Labute approximate surface area is 117 Å². The summed E-state index contributed by atoms with van der Waals surface area (Å²) in [7, 11) is 0. The molecule has 0 spiro atoms. The van der Waals surface area contributed by atoms with E-state index in [4.69, 9.17) is 0 Å². The predicted octanol–water partition coefficient (Wildman–Crippen LogP) is 1.44. The third-order valence-electron chi connectivity index (χ3n) is 3.37. The Morgan fingerprint density at radius 2 is 2.20 bits per heavy atom. The van der Waals surface area contributed by atoms with Crippen molar-refractivity contribution in [3.8, 4) is 0 Å². The first-order valence-electron chi connectivity index (χ1n) is 6.62. The number of anilines is 1. The Kier molecular flexibility index (Phi) is 3.33. The number of para-hydroxylation sites is 1. The Balaban J connectivity index is 1.57. The van der Waals surface area contributed by atoms with Gasteiger partial charge in [0.1, 0.15) is 6.04 Å². The lowest BCUT2D eigenvalue weighted by Gasteiger charge is -2.11. The maximum Gasteiger partial charge on any atom is 0.243 e. The molecule has 0 aliphatic carbocycles. The zero-order valence-electron chi connectivity index (χ0n) is 11.3. The summed E-state index contributed by atoms with van der Waals surface area (Å²) < 4.78 is 0. The number of carbonyl (C=O) groups is 1. The number of hydrogen-bond acceptors (Lipinski definition) is 4. The van der Waals surface area contributed by atoms with Crippen molar-refractivity contribution in [2.75, 3.05) is 5.32 Å². The van der Waals surface area contributed by atoms with Gasteiger partial charge in [0.15, 0.2) is 0 Å². The minimum absolute atomic E-state index is 0.0106. The van der Waals surface area contributed by atoms with Crippen molar-refractivity contribution in [1.82, 2.24) is 15.3 Å². The SMILES string of the molecule is Cc1cnc(CNC(=O)[C@@H]2Cc3ccccc3N2)cn1. The van der Waals surface area contributed by atoms with Gasteiger partial charge in [-0.3, -0.25) is 14.8 Å². The summed E-state index contributed by atoms with van der Waals surface area (Å²) in [5, 5.41) is 6.12. The van der Waals surface area contributed by atoms with Crippen LogP contribution >= 0.6 is 0 Å². The number of aryl methyl sites for hydroxylation is 1. The van der Waals surface area contributed by atoms with Gasteiger partial charge in [-0.25, -0.2) is 0 Å². The number of aromatic nitrogens is 2. The number of hydrogen-bond donors (Lipinski definition) is 2. The van der Waals surface area contributed by atoms with Crippen molar-refractivity contribution in [2.24, 2.45) is 0 Å². The van der Waals surface area contributed by atoms with E-state index in [2.05, 4.69) is 20.6 Å². The third-order valence-corrected chi connectivity index (χ3v) is 3.37. The van der Waals surface area contributed by atoms with Gasteiger partial charge in [-0.1, -0.05) is 18.2 Å². The summed E-state index contributed by atoms with van der Waals surface area (Å²) in [6.07, 6.45) is 4.11. The molecule has 0 saturated carbocycles. The monoisotopic (exact) mass is 268 g/mol. The first-order valence-corrected chi connectivity index (χ1v) is 6.62. The summed E-state index contributed by atoms with van der Waals surface area (Å²) in [5.74, 6) is -0.0106. The summed E-state index contributed by atoms with van der Waals surface area (Å²) in [4.78, 5) is 20.5. The van der Waals surface area contributed by atoms with Gasteiger partial charge in [-0.15, -0.1) is 0 Å². The summed E-state index contributed by atoms with van der Waals surface area (Å²) >= 11 is 0. The van der Waals surface area contributed by atoms with Crippen molar-refractivity contribution in [3.63, 3.8) is 0 Å². The zero-order valence-corrected chi connectivity index (χ0v) is 11.3. The normalized spacial score (nSPS) is 16.4. The van der Waals surface area contributed by atoms with Crippen LogP contribution < -0.4 is 10.6 Å². The molecule has 3 rings (SSSR count). The Hall–Kier alpha value is -2.43. The highest BCUT2D eigenvalue weighted by atomic mass is 16.2. The van der Waals surface area contributed by atoms with Crippen molar-refractivity contribution < 1.29 is 4.79 Å². The average Bonchev–Trinajstić information content (AvgIpc) is 2.90. The number of nitrogens with zero attached hydrogens (tertiary/aromatic N) is 2. The second-order valence-electron chi connectivity index (χ2n) is 4.93. The molecule has 1 aliphatic rings. The summed E-state index contributed by atoms with van der Waals surface area (Å²) in [6.45, 7) is 2.29. The Morgan fingerprint density at radius 3 is 2.95 bits per heavy atom. The minimum Gasteiger partial charge on any atom is -0.373 e. The van der Waals surface area contributed by atoms with E-state index < -0.39 is 0 Å². The van der Waals surface area contributed by atoms with Crippen LogP contribution in [0.5, 0.6) is 0 Å². The Bertz CT molecular complexity index is 599. The Morgan fingerprint density at radius 1 is 1.35 bits per heavy atom. The molecule has 2 heterocycles. The fourth-order valence-corrected chi connectivity index (χ4v) is 2.27. The van der Waals surface area contributed by atoms with Gasteiger partial charge in [0.05, 0.1) is 24.1 Å². The van der Waals surface area contributed by atoms with E-state index >= 15 is 0 Å². The molecule has 0 saturated heterocycles. The van der Waals surface area contributed by atoms with Crippen LogP contribution in [0.1, 0.15) is 17.0 Å². The molecule has 1 atom stereocenters. The summed E-state index contributed by atoms with van der Waals surface area (Å²) in [6, 6.07) is 7.79. The smallest absolute Gasteiger partial charge is 0.243 e. The molecule has 20 heavy (non-hydrogen) atoms. The molecule has 2 aromatic rings. The lowest BCUT2D eigenvalue weighted by molar-refractivity contribution is -0.121. The average molecular weight is 268 g/mol. The standard InChI is InChI=1S/C15H16N4O/c1-10-7-17-12(8-16-10)9-18-15(20)14-6-11-4-2-3-5-13(11)19-14/h2-5,7-8,14,19H,6,9H2,1H3,(H,18,20)/t14-/m0/s1. The number of carbonyl (C=O) groups excluding carboxylic acids is 1. The molecule has 2 N–H and O–H groups in total. The lowest BCUT2D eigenvalue weighted by Crippen LogP contribution is -2.38. The van der Waals surface area contributed by atoms with Gasteiger partial charge in [0.25, 0.3) is 0 Å². The first-order chi connectivity index (χ1) is 9.72. The molecule has 0 unspecified atom stereocenters. The quantitative estimate of drug-likeness (QED) is 0.884.